The molecule has 1 heterocycles. The van der Waals surface area contributed by atoms with Crippen LogP contribution in [0.1, 0.15) is 5.56 Å². The van der Waals surface area contributed by atoms with Crippen molar-refractivity contribution in [2.24, 2.45) is 5.73 Å². The fraction of sp³-hybridized carbons (Fsp3) is 0.167. The number of fused-ring (bicyclic) bond motifs is 1. The fourth-order valence-electron chi connectivity index (χ4n) is 2.45. The van der Waals surface area contributed by atoms with E-state index in [0.29, 0.717) is 5.37 Å². The number of anilines is 2. The molecule has 0 saturated heterocycles. The van der Waals surface area contributed by atoms with Gasteiger partial charge in [-0.05, 0) is 29.8 Å². The van der Waals surface area contributed by atoms with Crippen LogP contribution in [0.15, 0.2) is 59.5 Å². The lowest BCUT2D eigenvalue weighted by molar-refractivity contribution is -0.114. The van der Waals surface area contributed by atoms with Crippen LogP contribution in [0.4, 0.5) is 11.4 Å². The van der Waals surface area contributed by atoms with E-state index in [1.807, 2.05) is 36.0 Å². The summed E-state index contributed by atoms with van der Waals surface area (Å²) in [5, 5.41) is 3.03. The molecule has 4 nitrogen and oxygen atoms in total. The third-order valence-electron chi connectivity index (χ3n) is 3.71. The van der Waals surface area contributed by atoms with Crippen molar-refractivity contribution in [3.8, 4) is 0 Å². The number of nitrogens with zero attached hydrogens (tertiary/aromatic N) is 1. The molecule has 3 N–H and O–H groups in total. The van der Waals surface area contributed by atoms with Crippen LogP contribution in [0.25, 0.3) is 6.08 Å². The number of halogens is 1. The second-order valence-electron chi connectivity index (χ2n) is 5.32. The Labute approximate surface area is 163 Å². The molecule has 0 bridgehead atoms. The monoisotopic (exact) mass is 453 g/mol. The van der Waals surface area contributed by atoms with E-state index in [1.165, 1.54) is 10.6 Å². The molecule has 126 valence electrons. The van der Waals surface area contributed by atoms with Gasteiger partial charge in [0.15, 0.2) is 0 Å². The van der Waals surface area contributed by atoms with Crippen molar-refractivity contribution >= 4 is 59.1 Å². The van der Waals surface area contributed by atoms with E-state index in [9.17, 15) is 4.79 Å². The second-order valence-corrected chi connectivity index (χ2v) is 6.48. The van der Waals surface area contributed by atoms with E-state index < -0.39 is 0 Å². The molecule has 1 amide bonds. The first kappa shape index (κ1) is 18.8. The van der Waals surface area contributed by atoms with Gasteiger partial charge in [0.05, 0.1) is 17.6 Å². The Morgan fingerprint density at radius 2 is 1.96 bits per heavy atom. The first-order valence-electron chi connectivity index (χ1n) is 7.44. The van der Waals surface area contributed by atoms with E-state index in [-0.39, 0.29) is 36.4 Å². The molecule has 1 atom stereocenters. The molecule has 2 aromatic rings. The zero-order chi connectivity index (χ0) is 16.2. The summed E-state index contributed by atoms with van der Waals surface area (Å²) in [4.78, 5) is 14.8. The molecule has 0 aromatic heterocycles. The van der Waals surface area contributed by atoms with Gasteiger partial charge in [-0.1, -0.05) is 48.2 Å². The highest BCUT2D eigenvalue weighted by Gasteiger charge is 2.24. The van der Waals surface area contributed by atoms with Crippen molar-refractivity contribution < 1.29 is 4.79 Å². The summed E-state index contributed by atoms with van der Waals surface area (Å²) < 4.78 is 0. The Morgan fingerprint density at radius 1 is 1.25 bits per heavy atom. The molecular weight excluding hydrogens is 433 g/mol. The molecule has 2 aromatic carbocycles. The lowest BCUT2D eigenvalue weighted by Gasteiger charge is -2.18. The molecule has 0 saturated carbocycles. The molecule has 0 fully saturated rings. The van der Waals surface area contributed by atoms with Crippen molar-refractivity contribution in [1.29, 1.82) is 0 Å². The zero-order valence-electron chi connectivity index (χ0n) is 13.3. The van der Waals surface area contributed by atoms with Gasteiger partial charge >= 0.3 is 0 Å². The summed E-state index contributed by atoms with van der Waals surface area (Å²) in [5.74, 6) is -0.185. The van der Waals surface area contributed by atoms with Crippen molar-refractivity contribution in [1.82, 2.24) is 0 Å². The van der Waals surface area contributed by atoms with Crippen LogP contribution in [0, 0.1) is 0 Å². The Morgan fingerprint density at radius 3 is 2.62 bits per heavy atom. The average molecular weight is 453 g/mol. The Hall–Kier alpha value is -1.51. The summed E-state index contributed by atoms with van der Waals surface area (Å²) in [6.07, 6.45) is 4.30. The molecule has 1 aliphatic rings. The predicted octanol–water partition coefficient (Wildman–Crippen LogP) is 3.78. The topological polar surface area (TPSA) is 58.4 Å². The molecule has 0 spiro atoms. The van der Waals surface area contributed by atoms with Crippen LogP contribution < -0.4 is 16.0 Å². The van der Waals surface area contributed by atoms with Crippen LogP contribution in [-0.2, 0) is 4.79 Å². The number of carbonyl (C=O) groups excluding carboxylic acids is 1. The predicted molar refractivity (Wildman–Crippen MR) is 113 cm³/mol. The highest BCUT2D eigenvalue weighted by Crippen LogP contribution is 2.42. The maximum atomic E-state index is 11.3. The lowest BCUT2D eigenvalue weighted by Crippen LogP contribution is -2.22. The van der Waals surface area contributed by atoms with Crippen molar-refractivity contribution in [2.75, 3.05) is 23.8 Å². The summed E-state index contributed by atoms with van der Waals surface area (Å²) in [6.45, 7) is -0.00650. The summed E-state index contributed by atoms with van der Waals surface area (Å²) in [7, 11) is 2.11. The lowest BCUT2D eigenvalue weighted by atomic mass is 10.2. The Kier molecular flexibility index (Phi) is 6.70. The summed E-state index contributed by atoms with van der Waals surface area (Å²) >= 11 is 1.85. The molecule has 1 aliphatic heterocycles. The van der Waals surface area contributed by atoms with Gasteiger partial charge in [-0.2, -0.15) is 0 Å². The normalized spacial score (nSPS) is 15.9. The van der Waals surface area contributed by atoms with E-state index in [4.69, 9.17) is 5.73 Å². The SMILES string of the molecule is CN1c2ccccc2SC1C=Cc1ccc(NC(=O)CN)cc1.I. The number of nitrogens with two attached hydrogens (primary N) is 1. The number of benzene rings is 2. The number of hydrogen-bond donors (Lipinski definition) is 2. The van der Waals surface area contributed by atoms with Crippen molar-refractivity contribution in [2.45, 2.75) is 10.3 Å². The largest absolute Gasteiger partial charge is 0.358 e. The number of thioether (sulfide) groups is 1. The van der Waals surface area contributed by atoms with E-state index in [2.05, 4.69) is 53.7 Å². The van der Waals surface area contributed by atoms with Gasteiger partial charge in [-0.25, -0.2) is 0 Å². The minimum atomic E-state index is -0.185. The quantitative estimate of drug-likeness (QED) is 0.692. The minimum Gasteiger partial charge on any atom is -0.358 e. The number of nitrogens with one attached hydrogen (secondary N) is 1. The average Bonchev–Trinajstić information content (AvgIpc) is 2.90. The van der Waals surface area contributed by atoms with E-state index in [1.54, 1.807) is 0 Å². The number of hydrogen-bond acceptors (Lipinski definition) is 4. The van der Waals surface area contributed by atoms with Crippen LogP contribution in [-0.4, -0.2) is 24.9 Å². The van der Waals surface area contributed by atoms with Gasteiger partial charge in [-0.3, -0.25) is 4.79 Å². The van der Waals surface area contributed by atoms with E-state index >= 15 is 0 Å². The first-order chi connectivity index (χ1) is 11.2. The molecular formula is C18H20IN3OS. The van der Waals surface area contributed by atoms with Crippen molar-refractivity contribution in [3.05, 3.63) is 60.2 Å². The first-order valence-corrected chi connectivity index (χ1v) is 8.32. The highest BCUT2D eigenvalue weighted by atomic mass is 127. The molecule has 6 heteroatoms. The number of para-hydroxylation sites is 1. The third-order valence-corrected chi connectivity index (χ3v) is 5.02. The highest BCUT2D eigenvalue weighted by molar-refractivity contribution is 14.0. The van der Waals surface area contributed by atoms with Gasteiger partial charge in [0.1, 0.15) is 0 Å². The number of amides is 1. The smallest absolute Gasteiger partial charge is 0.238 e. The van der Waals surface area contributed by atoms with Gasteiger partial charge in [0.2, 0.25) is 5.91 Å². The molecule has 3 rings (SSSR count). The van der Waals surface area contributed by atoms with Gasteiger partial charge in [-0.15, -0.1) is 24.0 Å². The molecule has 0 aliphatic carbocycles. The summed E-state index contributed by atoms with van der Waals surface area (Å²) in [5.41, 5.74) is 8.42. The number of likely N-dealkylation sites (N-methyl/N-ethyl adjacent to an activating group) is 1. The fourth-order valence-corrected chi connectivity index (χ4v) is 3.62. The van der Waals surface area contributed by atoms with Crippen LogP contribution in [0.2, 0.25) is 0 Å². The zero-order valence-corrected chi connectivity index (χ0v) is 16.5. The van der Waals surface area contributed by atoms with Gasteiger partial charge in [0, 0.05) is 17.6 Å². The van der Waals surface area contributed by atoms with Gasteiger partial charge < -0.3 is 16.0 Å². The van der Waals surface area contributed by atoms with Crippen molar-refractivity contribution in [3.63, 3.8) is 0 Å². The van der Waals surface area contributed by atoms with Crippen LogP contribution >= 0.6 is 35.7 Å². The molecule has 1 unspecified atom stereocenters. The third kappa shape index (κ3) is 4.31. The number of carbonyl (C=O) groups is 1. The molecule has 24 heavy (non-hydrogen) atoms. The second kappa shape index (κ2) is 8.55. The minimum absolute atomic E-state index is 0. The Bertz CT molecular complexity index is 733. The maximum absolute atomic E-state index is 11.3. The standard InChI is InChI=1S/C18H19N3OS.HI/c1-21-15-4-2-3-5-16(15)23-18(21)11-8-13-6-9-14(10-7-13)20-17(22)12-19;/h2-11,18H,12,19H2,1H3,(H,20,22);1H. The van der Waals surface area contributed by atoms with Crippen LogP contribution in [0.3, 0.4) is 0 Å². The van der Waals surface area contributed by atoms with Gasteiger partial charge in [0.25, 0.3) is 0 Å². The Balaban J connectivity index is 0.00000208. The van der Waals surface area contributed by atoms with E-state index in [0.717, 1.165) is 11.3 Å². The summed E-state index contributed by atoms with van der Waals surface area (Å²) in [6, 6.07) is 16.2. The number of rotatable bonds is 4. The maximum Gasteiger partial charge on any atom is 0.238 e. The molecule has 0 radical (unpaired) electrons. The van der Waals surface area contributed by atoms with Crippen LogP contribution in [0.5, 0.6) is 0 Å².